The van der Waals surface area contributed by atoms with Gasteiger partial charge in [-0.05, 0) is 26.0 Å². The lowest BCUT2D eigenvalue weighted by Gasteiger charge is -2.27. The Morgan fingerprint density at radius 2 is 2.10 bits per heavy atom. The predicted octanol–water partition coefficient (Wildman–Crippen LogP) is 1.87. The molecule has 2 rings (SSSR count). The molecule has 0 fully saturated rings. The Morgan fingerprint density at radius 1 is 1.40 bits per heavy atom. The van der Waals surface area contributed by atoms with Crippen molar-refractivity contribution in [2.24, 2.45) is 5.92 Å². The SMILES string of the molecule is CCOC(=O)C(C(C)=O)C1Sc2ccccc2NC1=O. The fourth-order valence-corrected chi connectivity index (χ4v) is 3.30. The number of carbonyl (C=O) groups is 3. The number of thioether (sulfide) groups is 1. The largest absolute Gasteiger partial charge is 0.465 e. The van der Waals surface area contributed by atoms with Crippen LogP contribution in [-0.2, 0) is 19.1 Å². The fourth-order valence-electron chi connectivity index (χ4n) is 2.02. The molecular weight excluding hydrogens is 278 g/mol. The van der Waals surface area contributed by atoms with Crippen LogP contribution in [-0.4, -0.2) is 29.5 Å². The second-order valence-electron chi connectivity index (χ2n) is 4.36. The summed E-state index contributed by atoms with van der Waals surface area (Å²) < 4.78 is 4.90. The molecule has 1 amide bonds. The molecule has 1 heterocycles. The Balaban J connectivity index is 2.29. The number of Topliss-reactive ketones (excluding diaryl/α,β-unsaturated/α-hetero) is 1. The summed E-state index contributed by atoms with van der Waals surface area (Å²) in [5.74, 6) is -2.43. The van der Waals surface area contributed by atoms with E-state index in [1.165, 1.54) is 18.7 Å². The summed E-state index contributed by atoms with van der Waals surface area (Å²) in [5.41, 5.74) is 0.699. The molecule has 0 aliphatic carbocycles. The average molecular weight is 293 g/mol. The third kappa shape index (κ3) is 2.85. The van der Waals surface area contributed by atoms with Gasteiger partial charge >= 0.3 is 5.97 Å². The molecule has 6 heteroatoms. The van der Waals surface area contributed by atoms with Crippen molar-refractivity contribution >= 4 is 35.1 Å². The van der Waals surface area contributed by atoms with Crippen molar-refractivity contribution in [3.8, 4) is 0 Å². The molecule has 1 aromatic carbocycles. The van der Waals surface area contributed by atoms with Crippen LogP contribution in [0.1, 0.15) is 13.8 Å². The van der Waals surface area contributed by atoms with Gasteiger partial charge in [0.2, 0.25) is 5.91 Å². The summed E-state index contributed by atoms with van der Waals surface area (Å²) in [4.78, 5) is 36.6. The van der Waals surface area contributed by atoms with Gasteiger partial charge in [0, 0.05) is 4.90 Å². The van der Waals surface area contributed by atoms with E-state index >= 15 is 0 Å². The van der Waals surface area contributed by atoms with Crippen molar-refractivity contribution in [2.45, 2.75) is 24.0 Å². The zero-order valence-corrected chi connectivity index (χ0v) is 12.0. The number of amides is 1. The number of anilines is 1. The monoisotopic (exact) mass is 293 g/mol. The number of ether oxygens (including phenoxy) is 1. The lowest BCUT2D eigenvalue weighted by atomic mass is 10.00. The van der Waals surface area contributed by atoms with Gasteiger partial charge in [-0.3, -0.25) is 14.4 Å². The van der Waals surface area contributed by atoms with Crippen LogP contribution in [0.4, 0.5) is 5.69 Å². The first-order chi connectivity index (χ1) is 9.54. The summed E-state index contributed by atoms with van der Waals surface area (Å²) in [7, 11) is 0. The quantitative estimate of drug-likeness (QED) is 0.677. The number of benzene rings is 1. The highest BCUT2D eigenvalue weighted by Gasteiger charge is 2.41. The number of hydrogen-bond acceptors (Lipinski definition) is 5. The number of nitrogens with one attached hydrogen (secondary N) is 1. The molecule has 20 heavy (non-hydrogen) atoms. The lowest BCUT2D eigenvalue weighted by Crippen LogP contribution is -2.42. The molecule has 5 nitrogen and oxygen atoms in total. The first-order valence-corrected chi connectivity index (χ1v) is 7.16. The Labute approximate surface area is 121 Å². The Morgan fingerprint density at radius 3 is 2.75 bits per heavy atom. The van der Waals surface area contributed by atoms with E-state index in [2.05, 4.69) is 5.32 Å². The summed E-state index contributed by atoms with van der Waals surface area (Å²) in [6.45, 7) is 3.15. The minimum atomic E-state index is -1.08. The molecular formula is C14H15NO4S. The van der Waals surface area contributed by atoms with Gasteiger partial charge in [-0.2, -0.15) is 0 Å². The second kappa shape index (κ2) is 6.09. The zero-order chi connectivity index (χ0) is 14.7. The average Bonchev–Trinajstić information content (AvgIpc) is 2.39. The van der Waals surface area contributed by atoms with Crippen LogP contribution in [0.2, 0.25) is 0 Å². The van der Waals surface area contributed by atoms with Crippen LogP contribution in [0.5, 0.6) is 0 Å². The van der Waals surface area contributed by atoms with Gasteiger partial charge in [0.25, 0.3) is 0 Å². The number of hydrogen-bond donors (Lipinski definition) is 1. The minimum Gasteiger partial charge on any atom is -0.465 e. The highest BCUT2D eigenvalue weighted by atomic mass is 32.2. The van der Waals surface area contributed by atoms with Crippen LogP contribution in [0.3, 0.4) is 0 Å². The van der Waals surface area contributed by atoms with Gasteiger partial charge < -0.3 is 10.1 Å². The molecule has 1 aliphatic heterocycles. The highest BCUT2D eigenvalue weighted by Crippen LogP contribution is 2.38. The van der Waals surface area contributed by atoms with Gasteiger partial charge in [-0.1, -0.05) is 12.1 Å². The van der Waals surface area contributed by atoms with Crippen molar-refractivity contribution in [3.63, 3.8) is 0 Å². The van der Waals surface area contributed by atoms with E-state index in [9.17, 15) is 14.4 Å². The van der Waals surface area contributed by atoms with E-state index in [1.807, 2.05) is 18.2 Å². The molecule has 0 spiro atoms. The molecule has 2 unspecified atom stereocenters. The van der Waals surface area contributed by atoms with Gasteiger partial charge in [-0.25, -0.2) is 0 Å². The molecule has 1 N–H and O–H groups in total. The van der Waals surface area contributed by atoms with E-state index in [0.29, 0.717) is 5.69 Å². The van der Waals surface area contributed by atoms with Crippen LogP contribution in [0.15, 0.2) is 29.2 Å². The van der Waals surface area contributed by atoms with Gasteiger partial charge in [0.1, 0.15) is 17.0 Å². The predicted molar refractivity (Wildman–Crippen MR) is 75.5 cm³/mol. The van der Waals surface area contributed by atoms with Gasteiger partial charge in [-0.15, -0.1) is 11.8 Å². The zero-order valence-electron chi connectivity index (χ0n) is 11.2. The maximum atomic E-state index is 12.1. The molecule has 106 valence electrons. The van der Waals surface area contributed by atoms with Gasteiger partial charge in [0.05, 0.1) is 12.3 Å². The number of ketones is 1. The molecule has 0 saturated heterocycles. The van der Waals surface area contributed by atoms with Crippen LogP contribution in [0, 0.1) is 5.92 Å². The minimum absolute atomic E-state index is 0.179. The van der Waals surface area contributed by atoms with E-state index in [1.54, 1.807) is 13.0 Å². The second-order valence-corrected chi connectivity index (χ2v) is 5.55. The fraction of sp³-hybridized carbons (Fsp3) is 0.357. The summed E-state index contributed by atoms with van der Waals surface area (Å²) in [6, 6.07) is 7.28. The van der Waals surface area contributed by atoms with Crippen molar-refractivity contribution < 1.29 is 19.1 Å². The normalized spacial score (nSPS) is 18.7. The van der Waals surface area contributed by atoms with Crippen molar-refractivity contribution in [1.29, 1.82) is 0 Å². The van der Waals surface area contributed by atoms with Crippen molar-refractivity contribution in [3.05, 3.63) is 24.3 Å². The standard InChI is InChI=1S/C14H15NO4S/c1-3-19-14(18)11(8(2)16)12-13(17)15-9-6-4-5-7-10(9)20-12/h4-7,11-12H,3H2,1-2H3,(H,15,17). The third-order valence-corrected chi connectivity index (χ3v) is 4.29. The van der Waals surface area contributed by atoms with E-state index in [-0.39, 0.29) is 18.3 Å². The van der Waals surface area contributed by atoms with E-state index < -0.39 is 17.1 Å². The maximum Gasteiger partial charge on any atom is 0.318 e. The Hall–Kier alpha value is -1.82. The maximum absolute atomic E-state index is 12.1. The molecule has 0 saturated carbocycles. The first-order valence-electron chi connectivity index (χ1n) is 6.28. The first kappa shape index (κ1) is 14.6. The molecule has 0 aromatic heterocycles. The number of esters is 1. The van der Waals surface area contributed by atoms with Crippen molar-refractivity contribution in [2.75, 3.05) is 11.9 Å². The Bertz CT molecular complexity index is 558. The number of carbonyl (C=O) groups excluding carboxylic acids is 3. The molecule has 0 bridgehead atoms. The highest BCUT2D eigenvalue weighted by molar-refractivity contribution is 8.01. The number of para-hydroxylation sites is 1. The van der Waals surface area contributed by atoms with E-state index in [4.69, 9.17) is 4.74 Å². The molecule has 1 aromatic rings. The van der Waals surface area contributed by atoms with Gasteiger partial charge in [0.15, 0.2) is 0 Å². The van der Waals surface area contributed by atoms with Crippen LogP contribution < -0.4 is 5.32 Å². The van der Waals surface area contributed by atoms with Crippen molar-refractivity contribution in [1.82, 2.24) is 0 Å². The molecule has 1 aliphatic rings. The van der Waals surface area contributed by atoms with Crippen LogP contribution >= 0.6 is 11.8 Å². The smallest absolute Gasteiger partial charge is 0.318 e. The van der Waals surface area contributed by atoms with Crippen LogP contribution in [0.25, 0.3) is 0 Å². The third-order valence-electron chi connectivity index (χ3n) is 2.94. The Kier molecular flexibility index (Phi) is 4.44. The molecule has 2 atom stereocenters. The van der Waals surface area contributed by atoms with E-state index in [0.717, 1.165) is 4.90 Å². The number of rotatable bonds is 4. The summed E-state index contributed by atoms with van der Waals surface area (Å²) in [5, 5.41) is 1.93. The summed E-state index contributed by atoms with van der Waals surface area (Å²) in [6.07, 6.45) is 0. The lowest BCUT2D eigenvalue weighted by molar-refractivity contribution is -0.152. The number of fused-ring (bicyclic) bond motifs is 1. The molecule has 0 radical (unpaired) electrons. The topological polar surface area (TPSA) is 72.5 Å². The summed E-state index contributed by atoms with van der Waals surface area (Å²) >= 11 is 1.22.